The Kier molecular flexibility index (Phi) is 7.61. The lowest BCUT2D eigenvalue weighted by molar-refractivity contribution is -0.153. The number of aliphatic hydroxyl groups excluding tert-OH is 2. The van der Waals surface area contributed by atoms with E-state index in [0.29, 0.717) is 18.5 Å². The number of nitrogens with zero attached hydrogens (tertiary/aromatic N) is 2. The fraction of sp³-hybridized carbons (Fsp3) is 0.519. The van der Waals surface area contributed by atoms with E-state index < -0.39 is 58.0 Å². The molecule has 1 amide bonds. The molecule has 3 aliphatic carbocycles. The number of primary amides is 1. The number of ketones is 2. The van der Waals surface area contributed by atoms with Gasteiger partial charge in [-0.1, -0.05) is 27.3 Å². The molecule has 10 nitrogen and oxygen atoms in total. The second-order valence-corrected chi connectivity index (χ2v) is 10.0. The van der Waals surface area contributed by atoms with E-state index in [2.05, 4.69) is 4.90 Å². The predicted molar refractivity (Wildman–Crippen MR) is 138 cm³/mol. The smallest absolute Gasteiger partial charge is 0.255 e. The van der Waals surface area contributed by atoms with Crippen LogP contribution < -0.4 is 5.73 Å². The molecule has 1 fully saturated rings. The van der Waals surface area contributed by atoms with Crippen LogP contribution in [-0.2, 0) is 27.3 Å². The largest absolute Gasteiger partial charge is 0.508 e. The van der Waals surface area contributed by atoms with Gasteiger partial charge in [0.15, 0.2) is 11.4 Å². The number of nitrogens with two attached hydrogens (primary N) is 1. The molecule has 1 saturated carbocycles. The minimum Gasteiger partial charge on any atom is -0.508 e. The molecule has 0 unspecified atom stereocenters. The minimum atomic E-state index is -2.63. The number of hydrogen-bond donors (Lipinski definition) is 5. The van der Waals surface area contributed by atoms with E-state index in [0.717, 1.165) is 18.7 Å². The number of phenolic OH excluding ortho intramolecular Hbond substituents is 1. The van der Waals surface area contributed by atoms with Crippen LogP contribution in [0.1, 0.15) is 44.4 Å². The van der Waals surface area contributed by atoms with Crippen molar-refractivity contribution in [2.24, 2.45) is 17.6 Å². The molecule has 0 saturated heterocycles. The minimum absolute atomic E-state index is 0. The molecule has 0 spiro atoms. The number of benzene rings is 1. The van der Waals surface area contributed by atoms with E-state index in [1.54, 1.807) is 20.2 Å². The third-order valence-corrected chi connectivity index (χ3v) is 7.99. The Hall–Kier alpha value is -3.21. The van der Waals surface area contributed by atoms with Crippen molar-refractivity contribution < 1.29 is 34.8 Å². The Bertz CT molecular complexity index is 1210. The van der Waals surface area contributed by atoms with Crippen LogP contribution in [-0.4, -0.2) is 86.5 Å². The predicted octanol–water partition coefficient (Wildman–Crippen LogP) is 1.44. The van der Waals surface area contributed by atoms with Gasteiger partial charge in [0, 0.05) is 18.0 Å². The Balaban J connectivity index is 0.00000380. The second-order valence-electron chi connectivity index (χ2n) is 10.0. The van der Waals surface area contributed by atoms with Crippen molar-refractivity contribution in [3.8, 4) is 5.75 Å². The maximum Gasteiger partial charge on any atom is 0.255 e. The summed E-state index contributed by atoms with van der Waals surface area (Å²) in [7, 11) is 3.15. The van der Waals surface area contributed by atoms with Crippen LogP contribution in [0.15, 0.2) is 29.0 Å². The van der Waals surface area contributed by atoms with Gasteiger partial charge in [-0.3, -0.25) is 24.2 Å². The number of phenols is 1. The molecule has 6 N–H and O–H groups in total. The number of aromatic hydroxyl groups is 1. The highest BCUT2D eigenvalue weighted by Gasteiger charge is 2.64. The number of carbonyl (C=O) groups excluding carboxylic acids is 3. The molecule has 0 heterocycles. The average molecular weight is 516 g/mol. The first-order valence-corrected chi connectivity index (χ1v) is 12.1. The number of aliphatic hydroxyl groups is 3. The average Bonchev–Trinajstić information content (AvgIpc) is 2.80. The molecule has 37 heavy (non-hydrogen) atoms. The molecule has 202 valence electrons. The lowest BCUT2D eigenvalue weighted by Crippen LogP contribution is -2.65. The third-order valence-electron chi connectivity index (χ3n) is 7.99. The molecular weight excluding hydrogens is 478 g/mol. The zero-order valence-corrected chi connectivity index (χ0v) is 20.9. The molecule has 0 aliphatic heterocycles. The van der Waals surface area contributed by atoms with Crippen molar-refractivity contribution in [2.75, 3.05) is 27.2 Å². The highest BCUT2D eigenvalue weighted by atomic mass is 16.3. The van der Waals surface area contributed by atoms with Crippen LogP contribution in [0, 0.1) is 11.8 Å². The van der Waals surface area contributed by atoms with Crippen LogP contribution in [0.4, 0.5) is 0 Å². The number of amides is 1. The molecule has 1 aromatic carbocycles. The van der Waals surface area contributed by atoms with Crippen molar-refractivity contribution in [1.29, 1.82) is 0 Å². The SMILES string of the molecule is C.CCN(CC)Cc1ccc(O)c2c1C[C@H]1C[C@H]3[C@@H](N(C)C)C(=O)C(C(N)=O)=C(O)[C@@]3(O)C(=O)C1=C2O. The van der Waals surface area contributed by atoms with E-state index in [4.69, 9.17) is 5.73 Å². The van der Waals surface area contributed by atoms with Gasteiger partial charge in [-0.25, -0.2) is 0 Å². The van der Waals surface area contributed by atoms with E-state index in [-0.39, 0.29) is 30.7 Å². The van der Waals surface area contributed by atoms with E-state index in [9.17, 15) is 34.8 Å². The molecule has 0 aromatic heterocycles. The van der Waals surface area contributed by atoms with Gasteiger partial charge < -0.3 is 26.2 Å². The van der Waals surface area contributed by atoms with Crippen LogP contribution in [0.5, 0.6) is 5.75 Å². The van der Waals surface area contributed by atoms with Crippen LogP contribution >= 0.6 is 0 Å². The monoisotopic (exact) mass is 515 g/mol. The van der Waals surface area contributed by atoms with E-state index in [1.165, 1.54) is 11.0 Å². The molecule has 10 heteroatoms. The number of likely N-dealkylation sites (N-methyl/N-ethyl adjacent to an activating group) is 1. The first-order chi connectivity index (χ1) is 16.9. The van der Waals surface area contributed by atoms with Gasteiger partial charge in [0.2, 0.25) is 5.78 Å². The Morgan fingerprint density at radius 1 is 1.14 bits per heavy atom. The summed E-state index contributed by atoms with van der Waals surface area (Å²) in [6.45, 7) is 6.26. The maximum absolute atomic E-state index is 13.8. The number of hydrogen-bond acceptors (Lipinski definition) is 9. The lowest BCUT2D eigenvalue weighted by Gasteiger charge is -2.50. The number of rotatable bonds is 6. The van der Waals surface area contributed by atoms with Gasteiger partial charge in [-0.05, 0) is 63.1 Å². The second kappa shape index (κ2) is 9.92. The van der Waals surface area contributed by atoms with Crippen LogP contribution in [0.2, 0.25) is 0 Å². The quantitative estimate of drug-likeness (QED) is 0.353. The zero-order valence-electron chi connectivity index (χ0n) is 20.9. The summed E-state index contributed by atoms with van der Waals surface area (Å²) in [4.78, 5) is 42.7. The summed E-state index contributed by atoms with van der Waals surface area (Å²) in [6.07, 6.45) is 0.367. The summed E-state index contributed by atoms with van der Waals surface area (Å²) < 4.78 is 0. The Morgan fingerprint density at radius 2 is 1.76 bits per heavy atom. The van der Waals surface area contributed by atoms with Gasteiger partial charge in [-0.15, -0.1) is 0 Å². The summed E-state index contributed by atoms with van der Waals surface area (Å²) in [5.41, 5.74) is 3.47. The highest BCUT2D eigenvalue weighted by molar-refractivity contribution is 6.24. The molecule has 0 radical (unpaired) electrons. The van der Waals surface area contributed by atoms with Gasteiger partial charge in [0.25, 0.3) is 5.91 Å². The summed E-state index contributed by atoms with van der Waals surface area (Å²) in [6, 6.07) is 2.16. The number of carbonyl (C=O) groups is 3. The molecule has 0 bridgehead atoms. The summed E-state index contributed by atoms with van der Waals surface area (Å²) in [5.74, 6) is -6.44. The maximum atomic E-state index is 13.8. The highest BCUT2D eigenvalue weighted by Crippen LogP contribution is 2.53. The van der Waals surface area contributed by atoms with Gasteiger partial charge in [0.1, 0.15) is 22.8 Å². The normalized spacial score (nSPS) is 27.2. The van der Waals surface area contributed by atoms with Crippen molar-refractivity contribution in [2.45, 2.75) is 52.3 Å². The zero-order chi connectivity index (χ0) is 26.7. The first-order valence-electron chi connectivity index (χ1n) is 12.1. The molecule has 3 aliphatic rings. The van der Waals surface area contributed by atoms with E-state index in [1.807, 2.05) is 13.8 Å². The fourth-order valence-corrected chi connectivity index (χ4v) is 6.14. The summed E-state index contributed by atoms with van der Waals surface area (Å²) in [5, 5.41) is 44.4. The summed E-state index contributed by atoms with van der Waals surface area (Å²) >= 11 is 0. The topological polar surface area (TPSA) is 165 Å². The lowest BCUT2D eigenvalue weighted by atomic mass is 9.57. The molecule has 1 aromatic rings. The molecule has 4 rings (SSSR count). The van der Waals surface area contributed by atoms with Crippen LogP contribution in [0.3, 0.4) is 0 Å². The van der Waals surface area contributed by atoms with Crippen molar-refractivity contribution in [1.82, 2.24) is 9.80 Å². The van der Waals surface area contributed by atoms with Gasteiger partial charge >= 0.3 is 0 Å². The fourth-order valence-electron chi connectivity index (χ4n) is 6.14. The van der Waals surface area contributed by atoms with E-state index >= 15 is 0 Å². The van der Waals surface area contributed by atoms with Gasteiger partial charge in [0.05, 0.1) is 11.6 Å². The van der Waals surface area contributed by atoms with Crippen LogP contribution in [0.25, 0.3) is 5.76 Å². The molecule has 4 atom stereocenters. The number of fused-ring (bicyclic) bond motifs is 3. The van der Waals surface area contributed by atoms with Crippen molar-refractivity contribution in [3.63, 3.8) is 0 Å². The third kappa shape index (κ3) is 4.03. The van der Waals surface area contributed by atoms with Crippen molar-refractivity contribution >= 4 is 23.2 Å². The van der Waals surface area contributed by atoms with Gasteiger partial charge in [-0.2, -0.15) is 0 Å². The Labute approximate surface area is 216 Å². The van der Waals surface area contributed by atoms with Crippen molar-refractivity contribution in [3.05, 3.63) is 45.7 Å². The Morgan fingerprint density at radius 3 is 2.30 bits per heavy atom. The number of Topliss-reactive ketones (excluding diaryl/α,β-unsaturated/α-hetero) is 2. The standard InChI is InChI=1S/C26H33N3O7.CH4/c1-5-29(6-2)11-12-7-8-16(30)18-14(12)9-13-10-15-20(28(3)4)22(32)19(25(27)35)24(34)26(15,36)23(33)17(13)21(18)31;/h7-8,13,15,20,30-31,34,36H,5-6,9-11H2,1-4H3,(H2,27,35);1H4/t13-,15-,20+,26-;/m0./s1. The first kappa shape index (κ1) is 28.4. The molecular formula is C27H37N3O7.